The van der Waals surface area contributed by atoms with Gasteiger partial charge in [0.05, 0.1) is 45.6 Å². The molecule has 2 aromatic carbocycles. The molecule has 0 unspecified atom stereocenters. The summed E-state index contributed by atoms with van der Waals surface area (Å²) in [7, 11) is 0. The normalized spacial score (nSPS) is 19.3. The van der Waals surface area contributed by atoms with E-state index in [2.05, 4.69) is 30.7 Å². The molecule has 0 aromatic heterocycles. The van der Waals surface area contributed by atoms with Crippen LogP contribution in [0, 0.1) is 0 Å². The number of ketones is 1. The fourth-order valence-electron chi connectivity index (χ4n) is 5.63. The zero-order chi connectivity index (χ0) is 39.1. The fraction of sp³-hybridized carbons (Fsp3) is 0.528. The van der Waals surface area contributed by atoms with Gasteiger partial charge in [0.15, 0.2) is 5.78 Å². The number of carbonyl (C=O) groups excluding carboxylic acids is 5. The number of hydrogen-bond donors (Lipinski definition) is 4. The number of benzene rings is 2. The number of Topliss-reactive ketones (excluding diaryl/α,β-unsaturated/α-hetero) is 1. The molecule has 0 saturated carbocycles. The number of nitrogens with zero attached hydrogens (tertiary/aromatic N) is 1. The summed E-state index contributed by atoms with van der Waals surface area (Å²) >= 11 is 0. The predicted octanol–water partition coefficient (Wildman–Crippen LogP) is 0.970. The molecule has 2 fully saturated rings. The topological polar surface area (TPSA) is 177 Å². The fourth-order valence-corrected chi connectivity index (χ4v) is 5.63. The minimum absolute atomic E-state index is 0.0106. The van der Waals surface area contributed by atoms with Crippen LogP contribution in [0.2, 0.25) is 0 Å². The van der Waals surface area contributed by atoms with Crippen molar-refractivity contribution in [1.29, 1.82) is 0 Å². The second-order valence-corrected chi connectivity index (χ2v) is 13.0. The highest BCUT2D eigenvalue weighted by atomic mass is 19.3. The Kier molecular flexibility index (Phi) is 16.3. The van der Waals surface area contributed by atoms with Gasteiger partial charge in [-0.15, -0.1) is 0 Å². The summed E-state index contributed by atoms with van der Waals surface area (Å²) in [5.74, 6) is -4.34. The van der Waals surface area contributed by atoms with E-state index in [9.17, 15) is 41.5 Å². The summed E-state index contributed by atoms with van der Waals surface area (Å²) in [6, 6.07) is 11.3. The third kappa shape index (κ3) is 14.1. The van der Waals surface area contributed by atoms with Gasteiger partial charge in [0.25, 0.3) is 0 Å². The van der Waals surface area contributed by atoms with Gasteiger partial charge in [0.1, 0.15) is 23.7 Å². The number of morpholine rings is 1. The molecule has 4 N–H and O–H groups in total. The molecule has 2 aliphatic heterocycles. The Hall–Kier alpha value is -4.49. The van der Waals surface area contributed by atoms with Crippen LogP contribution in [-0.4, -0.2) is 130 Å². The van der Waals surface area contributed by atoms with Gasteiger partial charge in [-0.3, -0.25) is 28.9 Å². The Bertz CT molecular complexity index is 1530. The number of nitrogens with one attached hydrogen (secondary N) is 4. The molecule has 14 nitrogen and oxygen atoms in total. The molecule has 4 amide bonds. The first-order chi connectivity index (χ1) is 25.8. The molecule has 2 aliphatic rings. The van der Waals surface area contributed by atoms with E-state index in [1.165, 1.54) is 6.92 Å². The molecule has 2 heterocycles. The van der Waals surface area contributed by atoms with Crippen LogP contribution >= 0.6 is 0 Å². The van der Waals surface area contributed by atoms with E-state index in [4.69, 9.17) is 9.47 Å². The van der Waals surface area contributed by atoms with Crippen LogP contribution in [0.15, 0.2) is 60.7 Å². The molecule has 0 bridgehead atoms. The van der Waals surface area contributed by atoms with Crippen LogP contribution in [0.3, 0.4) is 0 Å². The lowest BCUT2D eigenvalue weighted by Crippen LogP contribution is -2.60. The van der Waals surface area contributed by atoms with Crippen molar-refractivity contribution in [2.75, 3.05) is 52.7 Å². The third-order valence-corrected chi connectivity index (χ3v) is 8.75. The molecule has 0 aliphatic carbocycles. The first-order valence-electron chi connectivity index (χ1n) is 17.4. The summed E-state index contributed by atoms with van der Waals surface area (Å²) < 4.78 is 72.0. The van der Waals surface area contributed by atoms with Crippen molar-refractivity contribution in [3.8, 4) is 0 Å². The van der Waals surface area contributed by atoms with E-state index in [1.807, 2.05) is 4.90 Å². The molecule has 0 radical (unpaired) electrons. The molecule has 4 rings (SSSR count). The van der Waals surface area contributed by atoms with E-state index >= 15 is 0 Å². The van der Waals surface area contributed by atoms with Gasteiger partial charge in [-0.25, -0.2) is 0 Å². The van der Waals surface area contributed by atoms with Crippen LogP contribution in [-0.2, 0) is 55.8 Å². The SMILES string of the molecule is C[C@]1(C(=O)[C@H](Cc2ccccc2)NC(=O)[C@H](COC(F)F)NC(=O)[C@H](COC(F)F)NC(=O)[C@H](CCc2ccccc2)NC(=O)CN2CCOCC2)CO1. The molecule has 18 heteroatoms. The minimum atomic E-state index is -3.38. The van der Waals surface area contributed by atoms with Crippen molar-refractivity contribution >= 4 is 29.4 Å². The summed E-state index contributed by atoms with van der Waals surface area (Å²) in [5, 5.41) is 9.57. The summed E-state index contributed by atoms with van der Waals surface area (Å²) in [6.45, 7) is -5.58. The Morgan fingerprint density at radius 3 is 1.70 bits per heavy atom. The number of epoxide rings is 1. The van der Waals surface area contributed by atoms with Gasteiger partial charge in [0, 0.05) is 13.1 Å². The van der Waals surface area contributed by atoms with Crippen molar-refractivity contribution < 1.29 is 60.5 Å². The van der Waals surface area contributed by atoms with E-state index in [0.29, 0.717) is 38.3 Å². The summed E-state index contributed by atoms with van der Waals surface area (Å²) in [5.41, 5.74) is 0.282. The Labute approximate surface area is 309 Å². The first-order valence-corrected chi connectivity index (χ1v) is 17.4. The molecule has 5 atom stereocenters. The largest absolute Gasteiger partial charge is 0.379 e. The van der Waals surface area contributed by atoms with Crippen LogP contribution in [0.25, 0.3) is 0 Å². The van der Waals surface area contributed by atoms with E-state index in [1.54, 1.807) is 60.7 Å². The van der Waals surface area contributed by atoms with E-state index in [-0.39, 0.29) is 26.0 Å². The third-order valence-electron chi connectivity index (χ3n) is 8.75. The minimum Gasteiger partial charge on any atom is -0.379 e. The number of amides is 4. The molecule has 0 spiro atoms. The predicted molar refractivity (Wildman–Crippen MR) is 183 cm³/mol. The number of rotatable bonds is 22. The van der Waals surface area contributed by atoms with E-state index < -0.39 is 85.6 Å². The number of carbonyl (C=O) groups is 5. The lowest BCUT2D eigenvalue weighted by atomic mass is 9.94. The van der Waals surface area contributed by atoms with Crippen LogP contribution in [0.1, 0.15) is 24.5 Å². The summed E-state index contributed by atoms with van der Waals surface area (Å²) in [4.78, 5) is 68.9. The number of hydrogen-bond acceptors (Lipinski definition) is 10. The maximum absolute atomic E-state index is 13.6. The van der Waals surface area contributed by atoms with E-state index in [0.717, 1.165) is 5.56 Å². The maximum Gasteiger partial charge on any atom is 0.345 e. The molecular weight excluding hydrogens is 722 g/mol. The van der Waals surface area contributed by atoms with Crippen LogP contribution < -0.4 is 21.3 Å². The molecule has 54 heavy (non-hydrogen) atoms. The Morgan fingerprint density at radius 2 is 1.20 bits per heavy atom. The number of alkyl halides is 4. The summed E-state index contributed by atoms with van der Waals surface area (Å²) in [6.07, 6.45) is 0.339. The van der Waals surface area contributed by atoms with Crippen molar-refractivity contribution in [3.05, 3.63) is 71.8 Å². The lowest BCUT2D eigenvalue weighted by molar-refractivity contribution is -0.154. The van der Waals surface area contributed by atoms with Crippen molar-refractivity contribution in [2.45, 2.75) is 69.2 Å². The highest BCUT2D eigenvalue weighted by molar-refractivity contribution is 5.99. The number of ether oxygens (including phenoxy) is 4. The molecule has 2 aromatic rings. The highest BCUT2D eigenvalue weighted by Gasteiger charge is 2.50. The Balaban J connectivity index is 1.50. The van der Waals surface area contributed by atoms with Gasteiger partial charge in [-0.05, 0) is 37.3 Å². The zero-order valence-corrected chi connectivity index (χ0v) is 29.6. The van der Waals surface area contributed by atoms with Gasteiger partial charge >= 0.3 is 13.2 Å². The molecular formula is C36H45F4N5O9. The molecule has 2 saturated heterocycles. The van der Waals surface area contributed by atoms with Crippen LogP contribution in [0.4, 0.5) is 17.6 Å². The van der Waals surface area contributed by atoms with Gasteiger partial charge < -0.3 is 40.2 Å². The number of halogens is 4. The highest BCUT2D eigenvalue weighted by Crippen LogP contribution is 2.29. The second kappa shape index (κ2) is 20.8. The smallest absolute Gasteiger partial charge is 0.345 e. The maximum atomic E-state index is 13.6. The zero-order valence-electron chi connectivity index (χ0n) is 29.6. The second-order valence-electron chi connectivity index (χ2n) is 13.0. The van der Waals surface area contributed by atoms with Crippen molar-refractivity contribution in [2.24, 2.45) is 0 Å². The Morgan fingerprint density at radius 1 is 0.722 bits per heavy atom. The van der Waals surface area contributed by atoms with Crippen molar-refractivity contribution in [3.63, 3.8) is 0 Å². The van der Waals surface area contributed by atoms with Crippen molar-refractivity contribution in [1.82, 2.24) is 26.2 Å². The average molecular weight is 768 g/mol. The average Bonchev–Trinajstić information content (AvgIpc) is 3.91. The number of aryl methyl sites for hydroxylation is 1. The first kappa shape index (κ1) is 42.3. The van der Waals surface area contributed by atoms with Gasteiger partial charge in [0.2, 0.25) is 23.6 Å². The standard InChI is InChI=1S/C36H45F4N5O9/c1-36(22-54-36)30(47)26(18-24-10-6-3-7-11-24)42-32(49)27(20-52-34(37)38)44-33(50)28(21-53-35(39)40)43-31(48)25(13-12-23-8-4-2-5-9-23)41-29(46)19-45-14-16-51-17-15-45/h2-11,25-28,34-35H,12-22H2,1H3,(H,41,46)(H,42,49)(H,43,48)(H,44,50)/t25-,26-,27-,28-,36+/m0/s1. The van der Waals surface area contributed by atoms with Gasteiger partial charge in [-0.2, -0.15) is 17.6 Å². The monoisotopic (exact) mass is 767 g/mol. The lowest BCUT2D eigenvalue weighted by Gasteiger charge is -2.28. The quantitative estimate of drug-likeness (QED) is 0.0998. The van der Waals surface area contributed by atoms with Crippen LogP contribution in [0.5, 0.6) is 0 Å². The molecule has 296 valence electrons. The van der Waals surface area contributed by atoms with Gasteiger partial charge in [-0.1, -0.05) is 60.7 Å².